The number of methoxy groups -OCH3 is 1. The minimum absolute atomic E-state index is 0.0319. The van der Waals surface area contributed by atoms with Crippen LogP contribution in [-0.4, -0.2) is 12.2 Å². The average molecular weight is 366 g/mol. The number of hydrogen-bond acceptors (Lipinski definition) is 6. The third-order valence-electron chi connectivity index (χ3n) is 4.35. The van der Waals surface area contributed by atoms with E-state index in [9.17, 15) is 5.11 Å². The fourth-order valence-corrected chi connectivity index (χ4v) is 2.63. The lowest BCUT2D eigenvalue weighted by molar-refractivity contribution is 0.414. The summed E-state index contributed by atoms with van der Waals surface area (Å²) in [5.41, 5.74) is 14.2. The summed E-state index contributed by atoms with van der Waals surface area (Å²) in [6, 6.07) is 14.0. The van der Waals surface area contributed by atoms with Crippen molar-refractivity contribution >= 4 is 11.4 Å². The molecule has 0 aliphatic carbocycles. The number of nitrogens with two attached hydrogens (primary N) is 2. The largest absolute Gasteiger partial charge is 0.506 e. The molecule has 0 aliphatic rings. The minimum atomic E-state index is 0.0319. The Kier molecular flexibility index (Phi) is 4.98. The lowest BCUT2D eigenvalue weighted by Crippen LogP contribution is -1.98. The Labute approximate surface area is 157 Å². The molecular formula is C21H22N2O4. The maximum atomic E-state index is 9.66. The van der Waals surface area contributed by atoms with Crippen molar-refractivity contribution in [1.29, 1.82) is 0 Å². The number of ether oxygens (including phenoxy) is 3. The zero-order chi connectivity index (χ0) is 19.6. The molecule has 0 atom stereocenters. The number of nitrogen functional groups attached to an aromatic ring is 2. The molecule has 0 aromatic heterocycles. The number of phenols is 1. The maximum Gasteiger partial charge on any atom is 0.142 e. The van der Waals surface area contributed by atoms with Crippen LogP contribution in [-0.2, 0) is 0 Å². The van der Waals surface area contributed by atoms with Crippen LogP contribution >= 0.6 is 0 Å². The average Bonchev–Trinajstić information content (AvgIpc) is 2.66. The highest BCUT2D eigenvalue weighted by Crippen LogP contribution is 2.37. The van der Waals surface area contributed by atoms with Gasteiger partial charge in [0.25, 0.3) is 0 Å². The topological polar surface area (TPSA) is 100.0 Å². The van der Waals surface area contributed by atoms with Gasteiger partial charge in [0.15, 0.2) is 0 Å². The van der Waals surface area contributed by atoms with Crippen LogP contribution in [0.2, 0.25) is 0 Å². The van der Waals surface area contributed by atoms with E-state index < -0.39 is 0 Å². The SMILES string of the molecule is COc1ccc(Oc2cccc(Oc3ccc(O)c(N)c3C)c2)c(C)c1N. The predicted octanol–water partition coefficient (Wildman–Crippen LogP) is 4.77. The first kappa shape index (κ1) is 18.3. The summed E-state index contributed by atoms with van der Waals surface area (Å²) in [6.07, 6.45) is 0. The summed E-state index contributed by atoms with van der Waals surface area (Å²) in [5, 5.41) is 9.66. The Morgan fingerprint density at radius 2 is 1.26 bits per heavy atom. The van der Waals surface area contributed by atoms with Gasteiger partial charge in [-0.25, -0.2) is 0 Å². The zero-order valence-corrected chi connectivity index (χ0v) is 15.4. The van der Waals surface area contributed by atoms with E-state index in [0.29, 0.717) is 45.7 Å². The summed E-state index contributed by atoms with van der Waals surface area (Å²) in [6.45, 7) is 3.66. The molecule has 0 spiro atoms. The van der Waals surface area contributed by atoms with Gasteiger partial charge in [-0.1, -0.05) is 6.07 Å². The van der Waals surface area contributed by atoms with Gasteiger partial charge in [-0.05, 0) is 50.2 Å². The third kappa shape index (κ3) is 3.69. The molecule has 5 N–H and O–H groups in total. The minimum Gasteiger partial charge on any atom is -0.506 e. The van der Waals surface area contributed by atoms with Crippen molar-refractivity contribution in [3.63, 3.8) is 0 Å². The van der Waals surface area contributed by atoms with Crippen LogP contribution in [0.25, 0.3) is 0 Å². The van der Waals surface area contributed by atoms with Crippen molar-refractivity contribution in [2.75, 3.05) is 18.6 Å². The lowest BCUT2D eigenvalue weighted by atomic mass is 10.1. The molecule has 0 heterocycles. The van der Waals surface area contributed by atoms with Crippen molar-refractivity contribution in [3.8, 4) is 34.5 Å². The number of phenolic OH excluding ortho intramolecular Hbond substituents is 1. The van der Waals surface area contributed by atoms with Crippen molar-refractivity contribution < 1.29 is 19.3 Å². The van der Waals surface area contributed by atoms with Gasteiger partial charge >= 0.3 is 0 Å². The summed E-state index contributed by atoms with van der Waals surface area (Å²) < 4.78 is 17.1. The number of anilines is 2. The molecule has 6 nitrogen and oxygen atoms in total. The van der Waals surface area contributed by atoms with Crippen molar-refractivity contribution in [2.45, 2.75) is 13.8 Å². The molecule has 0 saturated heterocycles. The van der Waals surface area contributed by atoms with Gasteiger partial charge in [0, 0.05) is 17.2 Å². The maximum absolute atomic E-state index is 9.66. The van der Waals surface area contributed by atoms with Crippen LogP contribution in [0.3, 0.4) is 0 Å². The Bertz CT molecular complexity index is 986. The van der Waals surface area contributed by atoms with E-state index in [0.717, 1.165) is 5.56 Å². The molecule has 0 fully saturated rings. The number of aromatic hydroxyl groups is 1. The molecule has 3 rings (SSSR count). The van der Waals surface area contributed by atoms with Gasteiger partial charge in [-0.15, -0.1) is 0 Å². The molecule has 140 valence electrons. The highest BCUT2D eigenvalue weighted by Gasteiger charge is 2.11. The van der Waals surface area contributed by atoms with E-state index in [1.54, 1.807) is 32.2 Å². The van der Waals surface area contributed by atoms with E-state index in [2.05, 4.69) is 0 Å². The Hall–Kier alpha value is -3.54. The van der Waals surface area contributed by atoms with Crippen LogP contribution in [0.4, 0.5) is 11.4 Å². The number of rotatable bonds is 5. The van der Waals surface area contributed by atoms with Gasteiger partial charge in [-0.2, -0.15) is 0 Å². The molecule has 0 bridgehead atoms. The summed E-state index contributed by atoms with van der Waals surface area (Å²) in [5.74, 6) is 3.02. The van der Waals surface area contributed by atoms with Gasteiger partial charge in [0.05, 0.1) is 18.5 Å². The second-order valence-corrected chi connectivity index (χ2v) is 6.11. The van der Waals surface area contributed by atoms with Crippen molar-refractivity contribution in [1.82, 2.24) is 0 Å². The van der Waals surface area contributed by atoms with E-state index >= 15 is 0 Å². The van der Waals surface area contributed by atoms with Gasteiger partial charge < -0.3 is 30.8 Å². The molecule has 0 saturated carbocycles. The molecule has 3 aromatic carbocycles. The first-order valence-electron chi connectivity index (χ1n) is 8.37. The van der Waals surface area contributed by atoms with Gasteiger partial charge in [0.1, 0.15) is 34.5 Å². The van der Waals surface area contributed by atoms with Crippen LogP contribution in [0.1, 0.15) is 11.1 Å². The first-order valence-corrected chi connectivity index (χ1v) is 8.37. The molecule has 0 aliphatic heterocycles. The van der Waals surface area contributed by atoms with Crippen molar-refractivity contribution in [2.24, 2.45) is 0 Å². The van der Waals surface area contributed by atoms with Crippen LogP contribution in [0.5, 0.6) is 34.5 Å². The van der Waals surface area contributed by atoms with Crippen LogP contribution in [0, 0.1) is 13.8 Å². The normalized spacial score (nSPS) is 10.5. The zero-order valence-electron chi connectivity index (χ0n) is 15.4. The Morgan fingerprint density at radius 1 is 0.741 bits per heavy atom. The lowest BCUT2D eigenvalue weighted by Gasteiger charge is -2.15. The van der Waals surface area contributed by atoms with E-state index in [1.807, 2.05) is 31.2 Å². The molecular weight excluding hydrogens is 344 g/mol. The van der Waals surface area contributed by atoms with Crippen LogP contribution < -0.4 is 25.7 Å². The standard InChI is InChI=1S/C21H22N2O4/c1-12-17(8-7-16(24)20(12)22)26-14-5-4-6-15(11-14)27-18-9-10-19(25-3)21(23)13(18)2/h4-11,24H,22-23H2,1-3H3. The van der Waals surface area contributed by atoms with Gasteiger partial charge in [0.2, 0.25) is 0 Å². The third-order valence-corrected chi connectivity index (χ3v) is 4.35. The highest BCUT2D eigenvalue weighted by molar-refractivity contribution is 5.64. The molecule has 0 unspecified atom stereocenters. The molecule has 0 amide bonds. The second kappa shape index (κ2) is 7.37. The smallest absolute Gasteiger partial charge is 0.142 e. The molecule has 0 radical (unpaired) electrons. The number of hydrogen-bond donors (Lipinski definition) is 3. The molecule has 27 heavy (non-hydrogen) atoms. The summed E-state index contributed by atoms with van der Waals surface area (Å²) in [7, 11) is 1.57. The van der Waals surface area contributed by atoms with Crippen LogP contribution in [0.15, 0.2) is 48.5 Å². The predicted molar refractivity (Wildman–Crippen MR) is 106 cm³/mol. The van der Waals surface area contributed by atoms with Crippen molar-refractivity contribution in [3.05, 3.63) is 59.7 Å². The fourth-order valence-electron chi connectivity index (χ4n) is 2.63. The van der Waals surface area contributed by atoms with E-state index in [4.69, 9.17) is 25.7 Å². The molecule has 6 heteroatoms. The second-order valence-electron chi connectivity index (χ2n) is 6.11. The summed E-state index contributed by atoms with van der Waals surface area (Å²) in [4.78, 5) is 0. The fraction of sp³-hybridized carbons (Fsp3) is 0.143. The quantitative estimate of drug-likeness (QED) is 0.444. The van der Waals surface area contributed by atoms with E-state index in [-0.39, 0.29) is 5.75 Å². The summed E-state index contributed by atoms with van der Waals surface area (Å²) >= 11 is 0. The van der Waals surface area contributed by atoms with Gasteiger partial charge in [-0.3, -0.25) is 0 Å². The Balaban J connectivity index is 1.85. The number of benzene rings is 3. The van der Waals surface area contributed by atoms with E-state index in [1.165, 1.54) is 6.07 Å². The molecule has 3 aromatic rings. The monoisotopic (exact) mass is 366 g/mol. The Morgan fingerprint density at radius 3 is 1.85 bits per heavy atom. The highest BCUT2D eigenvalue weighted by atomic mass is 16.5. The first-order chi connectivity index (χ1) is 12.9.